The standard InChI is InChI=1S/C21H22N4O4S/c1-28-21(27)19-7-6-18(30-19)17-8-9-25(23-17)14-20(26)22-15-2-4-16(5-3-15)24-10-12-29-13-11-24/h2-9H,10-14H2,1H3,(H,22,26). The molecule has 1 N–H and O–H groups in total. The van der Waals surface area contributed by atoms with Gasteiger partial charge in [-0.2, -0.15) is 5.10 Å². The summed E-state index contributed by atoms with van der Waals surface area (Å²) in [6, 6.07) is 13.1. The van der Waals surface area contributed by atoms with Crippen LogP contribution in [-0.4, -0.2) is 55.1 Å². The molecule has 2 aromatic heterocycles. The Morgan fingerprint density at radius 3 is 2.63 bits per heavy atom. The van der Waals surface area contributed by atoms with Gasteiger partial charge in [-0.1, -0.05) is 0 Å². The van der Waals surface area contributed by atoms with E-state index in [9.17, 15) is 9.59 Å². The minimum Gasteiger partial charge on any atom is -0.465 e. The number of morpholine rings is 1. The fourth-order valence-electron chi connectivity index (χ4n) is 3.19. The molecule has 0 aliphatic carbocycles. The lowest BCUT2D eigenvalue weighted by molar-refractivity contribution is -0.116. The fraction of sp³-hybridized carbons (Fsp3) is 0.286. The Bertz CT molecular complexity index is 1020. The van der Waals surface area contributed by atoms with Gasteiger partial charge in [0, 0.05) is 30.7 Å². The van der Waals surface area contributed by atoms with Gasteiger partial charge in [0.15, 0.2) is 0 Å². The van der Waals surface area contributed by atoms with Crippen molar-refractivity contribution in [3.05, 3.63) is 53.5 Å². The van der Waals surface area contributed by atoms with E-state index in [2.05, 4.69) is 15.3 Å². The van der Waals surface area contributed by atoms with Gasteiger partial charge in [0.05, 0.1) is 25.2 Å². The molecule has 9 heteroatoms. The first kappa shape index (κ1) is 20.1. The Balaban J connectivity index is 1.34. The minimum absolute atomic E-state index is 0.0977. The average Bonchev–Trinajstić information content (AvgIpc) is 3.44. The second-order valence-corrected chi connectivity index (χ2v) is 7.83. The van der Waals surface area contributed by atoms with Crippen molar-refractivity contribution in [1.82, 2.24) is 9.78 Å². The molecule has 0 bridgehead atoms. The highest BCUT2D eigenvalue weighted by atomic mass is 32.1. The molecule has 30 heavy (non-hydrogen) atoms. The molecule has 3 aromatic rings. The average molecular weight is 426 g/mol. The van der Waals surface area contributed by atoms with Crippen molar-refractivity contribution in [1.29, 1.82) is 0 Å². The number of thiophene rings is 1. The van der Waals surface area contributed by atoms with Crippen LogP contribution in [0.4, 0.5) is 11.4 Å². The number of benzene rings is 1. The molecule has 156 valence electrons. The number of amides is 1. The zero-order chi connectivity index (χ0) is 20.9. The van der Waals surface area contributed by atoms with Gasteiger partial charge < -0.3 is 19.7 Å². The molecule has 0 saturated carbocycles. The minimum atomic E-state index is -0.371. The number of hydrogen-bond acceptors (Lipinski definition) is 7. The smallest absolute Gasteiger partial charge is 0.348 e. The van der Waals surface area contributed by atoms with Gasteiger partial charge in [0.1, 0.15) is 17.1 Å². The van der Waals surface area contributed by atoms with Gasteiger partial charge >= 0.3 is 5.97 Å². The van der Waals surface area contributed by atoms with E-state index in [-0.39, 0.29) is 18.4 Å². The fourth-order valence-corrected chi connectivity index (χ4v) is 4.08. The Morgan fingerprint density at radius 1 is 1.13 bits per heavy atom. The van der Waals surface area contributed by atoms with Crippen LogP contribution in [0.2, 0.25) is 0 Å². The van der Waals surface area contributed by atoms with Gasteiger partial charge in [-0.25, -0.2) is 4.79 Å². The summed E-state index contributed by atoms with van der Waals surface area (Å²) in [6.07, 6.45) is 1.74. The van der Waals surface area contributed by atoms with Crippen molar-refractivity contribution in [3.8, 4) is 10.6 Å². The van der Waals surface area contributed by atoms with Crippen LogP contribution in [0.5, 0.6) is 0 Å². The van der Waals surface area contributed by atoms with E-state index in [0.717, 1.165) is 42.6 Å². The number of nitrogens with one attached hydrogen (secondary N) is 1. The third-order valence-electron chi connectivity index (χ3n) is 4.72. The Kier molecular flexibility index (Phi) is 6.10. The monoisotopic (exact) mass is 426 g/mol. The lowest BCUT2D eigenvalue weighted by Gasteiger charge is -2.28. The number of carbonyl (C=O) groups is 2. The van der Waals surface area contributed by atoms with Crippen LogP contribution in [0.1, 0.15) is 9.67 Å². The number of methoxy groups -OCH3 is 1. The summed E-state index contributed by atoms with van der Waals surface area (Å²) in [4.78, 5) is 27.6. The predicted octanol–water partition coefficient (Wildman–Crippen LogP) is 2.87. The first-order valence-corrected chi connectivity index (χ1v) is 10.4. The van der Waals surface area contributed by atoms with Gasteiger partial charge in [0.25, 0.3) is 0 Å². The topological polar surface area (TPSA) is 85.7 Å². The van der Waals surface area contributed by atoms with E-state index in [1.807, 2.05) is 36.4 Å². The van der Waals surface area contributed by atoms with E-state index < -0.39 is 0 Å². The maximum Gasteiger partial charge on any atom is 0.348 e. The van der Waals surface area contributed by atoms with Crippen molar-refractivity contribution in [3.63, 3.8) is 0 Å². The van der Waals surface area contributed by atoms with Crippen LogP contribution >= 0.6 is 11.3 Å². The molecule has 1 aromatic carbocycles. The maximum atomic E-state index is 12.4. The number of anilines is 2. The second kappa shape index (κ2) is 9.10. The van der Waals surface area contributed by atoms with Gasteiger partial charge in [-0.05, 0) is 42.5 Å². The van der Waals surface area contributed by atoms with Crippen LogP contribution in [0.15, 0.2) is 48.7 Å². The highest BCUT2D eigenvalue weighted by molar-refractivity contribution is 7.17. The zero-order valence-corrected chi connectivity index (χ0v) is 17.4. The summed E-state index contributed by atoms with van der Waals surface area (Å²) in [5, 5.41) is 7.33. The van der Waals surface area contributed by atoms with E-state index >= 15 is 0 Å². The van der Waals surface area contributed by atoms with Crippen molar-refractivity contribution in [2.75, 3.05) is 43.6 Å². The molecule has 0 unspecified atom stereocenters. The number of rotatable bonds is 6. The van der Waals surface area contributed by atoms with E-state index in [4.69, 9.17) is 9.47 Å². The van der Waals surface area contributed by atoms with Gasteiger partial charge in [0.2, 0.25) is 5.91 Å². The molecule has 1 saturated heterocycles. The number of hydrogen-bond donors (Lipinski definition) is 1. The number of ether oxygens (including phenoxy) is 2. The molecular formula is C21H22N4O4S. The zero-order valence-electron chi connectivity index (χ0n) is 16.5. The molecule has 1 amide bonds. The maximum absolute atomic E-state index is 12.4. The van der Waals surface area contributed by atoms with Crippen molar-refractivity contribution in [2.24, 2.45) is 0 Å². The molecule has 1 fully saturated rings. The molecule has 0 spiro atoms. The first-order valence-electron chi connectivity index (χ1n) is 9.57. The lowest BCUT2D eigenvalue weighted by atomic mass is 10.2. The molecule has 1 aliphatic rings. The molecule has 3 heterocycles. The van der Waals surface area contributed by atoms with Gasteiger partial charge in [-0.3, -0.25) is 9.48 Å². The van der Waals surface area contributed by atoms with Crippen molar-refractivity contribution in [2.45, 2.75) is 6.54 Å². The lowest BCUT2D eigenvalue weighted by Crippen LogP contribution is -2.36. The number of aromatic nitrogens is 2. The Labute approximate surface area is 178 Å². The van der Waals surface area contributed by atoms with Crippen LogP contribution in [0.3, 0.4) is 0 Å². The van der Waals surface area contributed by atoms with Crippen molar-refractivity contribution < 1.29 is 19.1 Å². The first-order chi connectivity index (χ1) is 14.6. The van der Waals surface area contributed by atoms with E-state index in [1.54, 1.807) is 16.9 Å². The second-order valence-electron chi connectivity index (χ2n) is 6.75. The van der Waals surface area contributed by atoms with Crippen molar-refractivity contribution >= 4 is 34.6 Å². The van der Waals surface area contributed by atoms with Crippen LogP contribution in [-0.2, 0) is 20.8 Å². The highest BCUT2D eigenvalue weighted by Gasteiger charge is 2.14. The third kappa shape index (κ3) is 4.69. The summed E-state index contributed by atoms with van der Waals surface area (Å²) in [5.74, 6) is -0.532. The largest absolute Gasteiger partial charge is 0.465 e. The number of esters is 1. The van der Waals surface area contributed by atoms with Crippen LogP contribution in [0.25, 0.3) is 10.6 Å². The predicted molar refractivity (Wildman–Crippen MR) is 115 cm³/mol. The number of carbonyl (C=O) groups excluding carboxylic acids is 2. The number of nitrogens with zero attached hydrogens (tertiary/aromatic N) is 3. The summed E-state index contributed by atoms with van der Waals surface area (Å²) >= 11 is 1.30. The highest BCUT2D eigenvalue weighted by Crippen LogP contribution is 2.27. The SMILES string of the molecule is COC(=O)c1ccc(-c2ccn(CC(=O)Nc3ccc(N4CCOCC4)cc3)n2)s1. The summed E-state index contributed by atoms with van der Waals surface area (Å²) < 4.78 is 11.7. The summed E-state index contributed by atoms with van der Waals surface area (Å²) in [6.45, 7) is 3.32. The summed E-state index contributed by atoms with van der Waals surface area (Å²) in [7, 11) is 1.35. The Morgan fingerprint density at radius 2 is 1.90 bits per heavy atom. The molecule has 8 nitrogen and oxygen atoms in total. The van der Waals surface area contributed by atoms with E-state index in [1.165, 1.54) is 18.4 Å². The molecule has 0 atom stereocenters. The molecule has 4 rings (SSSR count). The third-order valence-corrected chi connectivity index (χ3v) is 5.81. The Hall–Kier alpha value is -3.17. The molecule has 1 aliphatic heterocycles. The molecule has 0 radical (unpaired) electrons. The molecular weight excluding hydrogens is 404 g/mol. The van der Waals surface area contributed by atoms with Crippen LogP contribution < -0.4 is 10.2 Å². The van der Waals surface area contributed by atoms with Crippen LogP contribution in [0, 0.1) is 0 Å². The normalized spacial score (nSPS) is 13.8. The summed E-state index contributed by atoms with van der Waals surface area (Å²) in [5.41, 5.74) is 2.57. The van der Waals surface area contributed by atoms with E-state index in [0.29, 0.717) is 10.6 Å². The van der Waals surface area contributed by atoms with Gasteiger partial charge in [-0.15, -0.1) is 11.3 Å². The quantitative estimate of drug-likeness (QED) is 0.610.